The van der Waals surface area contributed by atoms with Gasteiger partial charge in [-0.2, -0.15) is 0 Å². The van der Waals surface area contributed by atoms with Crippen LogP contribution in [-0.2, 0) is 18.3 Å². The summed E-state index contributed by atoms with van der Waals surface area (Å²) in [6.07, 6.45) is 3.71. The number of nitrogens with one attached hydrogen (secondary N) is 2. The van der Waals surface area contributed by atoms with Crippen LogP contribution in [0.25, 0.3) is 10.9 Å². The van der Waals surface area contributed by atoms with Crippen LogP contribution in [0.5, 0.6) is 0 Å². The molecule has 3 rings (SSSR count). The van der Waals surface area contributed by atoms with Gasteiger partial charge in [-0.25, -0.2) is 4.98 Å². The lowest BCUT2D eigenvalue weighted by Crippen LogP contribution is -2.15. The molecule has 1 amide bonds. The Balaban J connectivity index is 1.77. The van der Waals surface area contributed by atoms with E-state index < -0.39 is 0 Å². The van der Waals surface area contributed by atoms with Crippen LogP contribution in [-0.4, -0.2) is 25.7 Å². The summed E-state index contributed by atoms with van der Waals surface area (Å²) in [6.45, 7) is 2.04. The molecule has 0 spiro atoms. The number of benzene rings is 1. The van der Waals surface area contributed by atoms with Crippen LogP contribution in [0, 0.1) is 6.92 Å². The molecule has 3 aromatic rings. The van der Waals surface area contributed by atoms with E-state index in [2.05, 4.69) is 26.4 Å². The number of hydrogen-bond donors (Lipinski definition) is 2. The summed E-state index contributed by atoms with van der Waals surface area (Å²) in [6, 6.07) is 6.14. The van der Waals surface area contributed by atoms with Gasteiger partial charge in [0, 0.05) is 24.1 Å². The molecular weight excluding hydrogens is 254 g/mol. The van der Waals surface area contributed by atoms with E-state index in [0.29, 0.717) is 12.4 Å². The van der Waals surface area contributed by atoms with Crippen molar-refractivity contribution in [3.05, 3.63) is 41.9 Å². The number of anilines is 1. The highest BCUT2D eigenvalue weighted by Crippen LogP contribution is 2.20. The lowest BCUT2D eigenvalue weighted by Gasteiger charge is -2.00. The Morgan fingerprint density at radius 3 is 3.05 bits per heavy atom. The number of nitrogens with zero attached hydrogens (tertiary/aromatic N) is 3. The third kappa shape index (κ3) is 2.40. The van der Waals surface area contributed by atoms with E-state index in [0.717, 1.165) is 16.5 Å². The Kier molecular flexibility index (Phi) is 2.98. The van der Waals surface area contributed by atoms with Crippen LogP contribution in [0.4, 0.5) is 5.95 Å². The number of fused-ring (bicyclic) bond motifs is 1. The second-order valence-corrected chi connectivity index (χ2v) is 4.83. The maximum absolute atomic E-state index is 12.0. The summed E-state index contributed by atoms with van der Waals surface area (Å²) in [5.74, 6) is 0.200. The molecule has 0 atom stereocenters. The molecule has 0 unspecified atom stereocenters. The topological polar surface area (TPSA) is 75.6 Å². The van der Waals surface area contributed by atoms with Gasteiger partial charge in [0.15, 0.2) is 0 Å². The van der Waals surface area contributed by atoms with E-state index in [9.17, 15) is 4.79 Å². The molecule has 2 aromatic heterocycles. The number of H-pyrrole nitrogens is 1. The first-order valence-electron chi connectivity index (χ1n) is 6.34. The Morgan fingerprint density at radius 1 is 1.45 bits per heavy atom. The van der Waals surface area contributed by atoms with E-state index in [1.807, 2.05) is 25.3 Å². The van der Waals surface area contributed by atoms with E-state index in [4.69, 9.17) is 0 Å². The van der Waals surface area contributed by atoms with Gasteiger partial charge < -0.3 is 4.98 Å². The van der Waals surface area contributed by atoms with Gasteiger partial charge in [0.05, 0.1) is 6.42 Å². The van der Waals surface area contributed by atoms with Crippen LogP contribution in [0.2, 0.25) is 0 Å². The molecule has 6 heteroatoms. The molecule has 2 heterocycles. The van der Waals surface area contributed by atoms with Crippen molar-refractivity contribution in [2.24, 2.45) is 7.05 Å². The van der Waals surface area contributed by atoms with Gasteiger partial charge in [0.2, 0.25) is 11.9 Å². The molecule has 0 saturated carbocycles. The minimum Gasteiger partial charge on any atom is -0.361 e. The number of rotatable bonds is 3. The first kappa shape index (κ1) is 12.4. The highest BCUT2D eigenvalue weighted by molar-refractivity contribution is 5.94. The average molecular weight is 269 g/mol. The number of hydrogen-bond acceptors (Lipinski definition) is 3. The van der Waals surface area contributed by atoms with Crippen molar-refractivity contribution in [3.63, 3.8) is 0 Å². The van der Waals surface area contributed by atoms with Crippen molar-refractivity contribution in [3.8, 4) is 0 Å². The van der Waals surface area contributed by atoms with E-state index in [1.54, 1.807) is 18.1 Å². The molecule has 6 nitrogen and oxygen atoms in total. The molecule has 1 aromatic carbocycles. The first-order chi connectivity index (χ1) is 9.61. The zero-order valence-electron chi connectivity index (χ0n) is 11.3. The number of amides is 1. The predicted octanol–water partition coefficient (Wildman–Crippen LogP) is 1.79. The molecule has 0 aliphatic heterocycles. The van der Waals surface area contributed by atoms with Crippen molar-refractivity contribution in [1.29, 1.82) is 0 Å². The molecule has 102 valence electrons. The molecule has 0 aliphatic carbocycles. The molecule has 20 heavy (non-hydrogen) atoms. The molecule has 2 N–H and O–H groups in total. The minimum atomic E-state index is -0.127. The fraction of sp³-hybridized carbons (Fsp3) is 0.214. The largest absolute Gasteiger partial charge is 0.361 e. The van der Waals surface area contributed by atoms with Crippen molar-refractivity contribution in [1.82, 2.24) is 19.7 Å². The fourth-order valence-corrected chi connectivity index (χ4v) is 2.18. The fourth-order valence-electron chi connectivity index (χ4n) is 2.18. The lowest BCUT2D eigenvalue weighted by atomic mass is 10.1. The summed E-state index contributed by atoms with van der Waals surface area (Å²) in [4.78, 5) is 19.1. The zero-order chi connectivity index (χ0) is 14.1. The molecule has 0 radical (unpaired) electrons. The summed E-state index contributed by atoms with van der Waals surface area (Å²) in [7, 11) is 1.75. The zero-order valence-corrected chi connectivity index (χ0v) is 11.3. The lowest BCUT2D eigenvalue weighted by molar-refractivity contribution is -0.115. The average Bonchev–Trinajstić information content (AvgIpc) is 2.96. The molecule has 0 fully saturated rings. The number of aromatic amines is 1. The molecule has 0 aliphatic rings. The normalized spacial score (nSPS) is 10.9. The summed E-state index contributed by atoms with van der Waals surface area (Å²) in [5.41, 5.74) is 3.20. The molecular formula is C14H15N5O. The van der Waals surface area contributed by atoms with E-state index >= 15 is 0 Å². The van der Waals surface area contributed by atoms with Crippen molar-refractivity contribution in [2.45, 2.75) is 13.3 Å². The summed E-state index contributed by atoms with van der Waals surface area (Å²) < 4.78 is 1.55. The standard InChI is InChI=1S/C14H15N5O/c1-9-3-4-11-10(7-15-12(11)5-9)6-13(20)17-14-16-8-19(2)18-14/h3-5,7-8,15H,6H2,1-2H3,(H,17,18,20). The maximum atomic E-state index is 12.0. The predicted molar refractivity (Wildman–Crippen MR) is 76.4 cm³/mol. The van der Waals surface area contributed by atoms with Gasteiger partial charge in [-0.3, -0.25) is 14.8 Å². The smallest absolute Gasteiger partial charge is 0.248 e. The Bertz CT molecular complexity index is 771. The number of carbonyl (C=O) groups excluding carboxylic acids is 1. The van der Waals surface area contributed by atoms with Gasteiger partial charge in [0.25, 0.3) is 0 Å². The van der Waals surface area contributed by atoms with Gasteiger partial charge in [0.1, 0.15) is 6.33 Å². The quantitative estimate of drug-likeness (QED) is 0.761. The number of aryl methyl sites for hydroxylation is 2. The van der Waals surface area contributed by atoms with Crippen molar-refractivity contribution >= 4 is 22.8 Å². The third-order valence-corrected chi connectivity index (χ3v) is 3.12. The third-order valence-electron chi connectivity index (χ3n) is 3.12. The van der Waals surface area contributed by atoms with Crippen LogP contribution in [0.15, 0.2) is 30.7 Å². The molecule has 0 saturated heterocycles. The number of carbonyl (C=O) groups is 1. The van der Waals surface area contributed by atoms with Crippen LogP contribution in [0.1, 0.15) is 11.1 Å². The highest BCUT2D eigenvalue weighted by atomic mass is 16.1. The van der Waals surface area contributed by atoms with E-state index in [-0.39, 0.29) is 5.91 Å². The van der Waals surface area contributed by atoms with Crippen LogP contribution >= 0.6 is 0 Å². The summed E-state index contributed by atoms with van der Waals surface area (Å²) >= 11 is 0. The van der Waals surface area contributed by atoms with Gasteiger partial charge in [-0.15, -0.1) is 5.10 Å². The second kappa shape index (κ2) is 4.80. The molecule has 0 bridgehead atoms. The van der Waals surface area contributed by atoms with E-state index in [1.165, 1.54) is 5.56 Å². The minimum absolute atomic E-state index is 0.127. The van der Waals surface area contributed by atoms with Gasteiger partial charge >= 0.3 is 0 Å². The first-order valence-corrected chi connectivity index (χ1v) is 6.34. The van der Waals surface area contributed by atoms with Crippen LogP contribution < -0.4 is 5.32 Å². The van der Waals surface area contributed by atoms with Gasteiger partial charge in [-0.05, 0) is 24.1 Å². The van der Waals surface area contributed by atoms with Crippen LogP contribution in [0.3, 0.4) is 0 Å². The Hall–Kier alpha value is -2.63. The maximum Gasteiger partial charge on any atom is 0.248 e. The SMILES string of the molecule is Cc1ccc2c(CC(=O)Nc3ncn(C)n3)c[nH]c2c1. The second-order valence-electron chi connectivity index (χ2n) is 4.83. The van der Waals surface area contributed by atoms with Crippen molar-refractivity contribution in [2.75, 3.05) is 5.32 Å². The van der Waals surface area contributed by atoms with Gasteiger partial charge in [-0.1, -0.05) is 12.1 Å². The Labute approximate surface area is 115 Å². The number of aromatic nitrogens is 4. The highest BCUT2D eigenvalue weighted by Gasteiger charge is 2.10. The monoisotopic (exact) mass is 269 g/mol. The summed E-state index contributed by atoms with van der Waals surface area (Å²) in [5, 5.41) is 7.77. The Morgan fingerprint density at radius 2 is 2.30 bits per heavy atom. The van der Waals surface area contributed by atoms with Crippen molar-refractivity contribution < 1.29 is 4.79 Å².